The van der Waals surface area contributed by atoms with E-state index in [0.29, 0.717) is 12.6 Å². The molecule has 0 saturated heterocycles. The van der Waals surface area contributed by atoms with Gasteiger partial charge >= 0.3 is 0 Å². The Kier molecular flexibility index (Phi) is 3.96. The van der Waals surface area contributed by atoms with Crippen molar-refractivity contribution in [2.24, 2.45) is 0 Å². The minimum atomic E-state index is 0.168. The molecule has 0 saturated carbocycles. The first-order chi connectivity index (χ1) is 7.86. The zero-order valence-corrected chi connectivity index (χ0v) is 9.95. The molecule has 90 valence electrons. The summed E-state index contributed by atoms with van der Waals surface area (Å²) in [6.07, 6.45) is 6.65. The second-order valence-corrected chi connectivity index (χ2v) is 4.39. The summed E-state index contributed by atoms with van der Waals surface area (Å²) in [4.78, 5) is 0. The highest BCUT2D eigenvalue weighted by Gasteiger charge is 2.23. The second-order valence-electron chi connectivity index (χ2n) is 4.39. The maximum atomic E-state index is 8.97. The Morgan fingerprint density at radius 3 is 3.25 bits per heavy atom. The molecule has 1 aromatic heterocycles. The van der Waals surface area contributed by atoms with Gasteiger partial charge in [0.15, 0.2) is 0 Å². The molecule has 0 amide bonds. The maximum absolute atomic E-state index is 8.97. The van der Waals surface area contributed by atoms with Crippen molar-refractivity contribution >= 4 is 0 Å². The van der Waals surface area contributed by atoms with Crippen molar-refractivity contribution in [1.29, 1.82) is 0 Å². The van der Waals surface area contributed by atoms with Crippen LogP contribution >= 0.6 is 0 Å². The molecule has 4 nitrogen and oxygen atoms in total. The Balaban J connectivity index is 2.13. The van der Waals surface area contributed by atoms with Crippen LogP contribution in [0.5, 0.6) is 0 Å². The number of rotatable bonds is 5. The summed E-state index contributed by atoms with van der Waals surface area (Å²) in [7, 11) is 0. The van der Waals surface area contributed by atoms with Crippen molar-refractivity contribution in [2.75, 3.05) is 13.2 Å². The number of nitrogens with one attached hydrogen (secondary N) is 1. The summed E-state index contributed by atoms with van der Waals surface area (Å²) in [6, 6.07) is 0.469. The maximum Gasteiger partial charge on any atom is 0.0644 e. The second kappa shape index (κ2) is 5.46. The predicted molar refractivity (Wildman–Crippen MR) is 63.3 cm³/mol. The number of hydrogen-bond acceptors (Lipinski definition) is 3. The third-order valence-corrected chi connectivity index (χ3v) is 3.22. The summed E-state index contributed by atoms with van der Waals surface area (Å²) < 4.78 is 1.95. The third kappa shape index (κ3) is 2.28. The van der Waals surface area contributed by atoms with E-state index in [1.54, 1.807) is 0 Å². The van der Waals surface area contributed by atoms with Crippen LogP contribution in [0.2, 0.25) is 0 Å². The van der Waals surface area contributed by atoms with Gasteiger partial charge in [-0.2, -0.15) is 5.10 Å². The molecule has 0 radical (unpaired) electrons. The lowest BCUT2D eigenvalue weighted by Gasteiger charge is -2.24. The van der Waals surface area contributed by atoms with E-state index in [9.17, 15) is 0 Å². The van der Waals surface area contributed by atoms with Crippen molar-refractivity contribution in [1.82, 2.24) is 15.1 Å². The Bertz CT molecular complexity index is 335. The van der Waals surface area contributed by atoms with Crippen LogP contribution in [0.3, 0.4) is 0 Å². The van der Waals surface area contributed by atoms with E-state index in [4.69, 9.17) is 5.11 Å². The van der Waals surface area contributed by atoms with Gasteiger partial charge in [0.1, 0.15) is 0 Å². The molecule has 4 heteroatoms. The smallest absolute Gasteiger partial charge is 0.0644 e. The molecule has 1 aliphatic carbocycles. The number of hydrogen-bond donors (Lipinski definition) is 2. The largest absolute Gasteiger partial charge is 0.394 e. The van der Waals surface area contributed by atoms with Crippen LogP contribution in [0.4, 0.5) is 0 Å². The molecular weight excluding hydrogens is 202 g/mol. The van der Waals surface area contributed by atoms with Crippen molar-refractivity contribution in [2.45, 2.75) is 45.2 Å². The minimum Gasteiger partial charge on any atom is -0.394 e. The summed E-state index contributed by atoms with van der Waals surface area (Å²) >= 11 is 0. The SMILES string of the molecule is CCCNC1CCCc2c1cnn2CCO. The summed E-state index contributed by atoms with van der Waals surface area (Å²) in [5.41, 5.74) is 2.65. The average Bonchev–Trinajstić information content (AvgIpc) is 2.71. The van der Waals surface area contributed by atoms with Gasteiger partial charge in [0.2, 0.25) is 0 Å². The summed E-state index contributed by atoms with van der Waals surface area (Å²) in [5, 5.41) is 16.9. The van der Waals surface area contributed by atoms with Crippen LogP contribution in [0, 0.1) is 0 Å². The standard InChI is InChI=1S/C12H21N3O/c1-2-6-13-11-4-3-5-12-10(11)9-14-15(12)7-8-16/h9,11,13,16H,2-8H2,1H3. The van der Waals surface area contributed by atoms with Gasteiger partial charge in [-0.3, -0.25) is 4.68 Å². The molecule has 1 aliphatic rings. The lowest BCUT2D eigenvalue weighted by Crippen LogP contribution is -2.26. The van der Waals surface area contributed by atoms with Crippen molar-refractivity contribution in [3.05, 3.63) is 17.5 Å². The molecule has 1 unspecified atom stereocenters. The molecule has 2 rings (SSSR count). The zero-order chi connectivity index (χ0) is 11.4. The first-order valence-corrected chi connectivity index (χ1v) is 6.25. The molecule has 1 atom stereocenters. The van der Waals surface area contributed by atoms with Gasteiger partial charge in [0.05, 0.1) is 19.3 Å². The van der Waals surface area contributed by atoms with Gasteiger partial charge in [-0.1, -0.05) is 6.92 Å². The van der Waals surface area contributed by atoms with E-state index in [2.05, 4.69) is 17.3 Å². The lowest BCUT2D eigenvalue weighted by atomic mass is 9.93. The van der Waals surface area contributed by atoms with Crippen molar-refractivity contribution in [3.63, 3.8) is 0 Å². The Morgan fingerprint density at radius 2 is 2.50 bits per heavy atom. The molecule has 0 aliphatic heterocycles. The van der Waals surface area contributed by atoms with Crippen LogP contribution in [-0.4, -0.2) is 28.0 Å². The third-order valence-electron chi connectivity index (χ3n) is 3.22. The molecule has 2 N–H and O–H groups in total. The fourth-order valence-electron chi connectivity index (χ4n) is 2.44. The fraction of sp³-hybridized carbons (Fsp3) is 0.750. The molecule has 0 bridgehead atoms. The summed E-state index contributed by atoms with van der Waals surface area (Å²) in [5.74, 6) is 0. The monoisotopic (exact) mass is 223 g/mol. The number of aliphatic hydroxyl groups excluding tert-OH is 1. The van der Waals surface area contributed by atoms with Gasteiger partial charge in [0.25, 0.3) is 0 Å². The van der Waals surface area contributed by atoms with Gasteiger partial charge in [-0.25, -0.2) is 0 Å². The zero-order valence-electron chi connectivity index (χ0n) is 9.95. The molecule has 0 spiro atoms. The van der Waals surface area contributed by atoms with Crippen LogP contribution in [0.25, 0.3) is 0 Å². The predicted octanol–water partition coefficient (Wildman–Crippen LogP) is 1.25. The number of nitrogens with zero attached hydrogens (tertiary/aromatic N) is 2. The van der Waals surface area contributed by atoms with Crippen LogP contribution in [-0.2, 0) is 13.0 Å². The van der Waals surface area contributed by atoms with Crippen molar-refractivity contribution < 1.29 is 5.11 Å². The number of aromatic nitrogens is 2. The normalized spacial score (nSPS) is 19.8. The Hall–Kier alpha value is -0.870. The van der Waals surface area contributed by atoms with Crippen LogP contribution in [0.1, 0.15) is 43.5 Å². The highest BCUT2D eigenvalue weighted by molar-refractivity contribution is 5.24. The molecule has 1 heterocycles. The van der Waals surface area contributed by atoms with Crippen LogP contribution < -0.4 is 5.32 Å². The van der Waals surface area contributed by atoms with Gasteiger partial charge in [0, 0.05) is 17.3 Å². The first kappa shape index (κ1) is 11.6. The van der Waals surface area contributed by atoms with Crippen molar-refractivity contribution in [3.8, 4) is 0 Å². The van der Waals surface area contributed by atoms with Gasteiger partial charge in [-0.15, -0.1) is 0 Å². The highest BCUT2D eigenvalue weighted by Crippen LogP contribution is 2.29. The van der Waals surface area contributed by atoms with Gasteiger partial charge in [-0.05, 0) is 32.2 Å². The van der Waals surface area contributed by atoms with E-state index in [1.807, 2.05) is 10.9 Å². The molecule has 0 fully saturated rings. The minimum absolute atomic E-state index is 0.168. The first-order valence-electron chi connectivity index (χ1n) is 6.25. The van der Waals surface area contributed by atoms with E-state index in [0.717, 1.165) is 19.4 Å². The van der Waals surface area contributed by atoms with E-state index in [-0.39, 0.29) is 6.61 Å². The van der Waals surface area contributed by atoms with E-state index >= 15 is 0 Å². The lowest BCUT2D eigenvalue weighted by molar-refractivity contribution is 0.266. The van der Waals surface area contributed by atoms with E-state index < -0.39 is 0 Å². The number of fused-ring (bicyclic) bond motifs is 1. The molecule has 1 aromatic rings. The Labute approximate surface area is 96.7 Å². The number of aliphatic hydroxyl groups is 1. The topological polar surface area (TPSA) is 50.1 Å². The molecule has 16 heavy (non-hydrogen) atoms. The molecule has 0 aromatic carbocycles. The fourth-order valence-corrected chi connectivity index (χ4v) is 2.44. The van der Waals surface area contributed by atoms with E-state index in [1.165, 1.54) is 24.1 Å². The van der Waals surface area contributed by atoms with Crippen LogP contribution in [0.15, 0.2) is 6.20 Å². The quantitative estimate of drug-likeness (QED) is 0.790. The average molecular weight is 223 g/mol. The molecular formula is C12H21N3O. The highest BCUT2D eigenvalue weighted by atomic mass is 16.3. The van der Waals surface area contributed by atoms with Gasteiger partial charge < -0.3 is 10.4 Å². The Morgan fingerprint density at radius 1 is 1.62 bits per heavy atom. The summed E-state index contributed by atoms with van der Waals surface area (Å²) in [6.45, 7) is 4.04.